The van der Waals surface area contributed by atoms with E-state index >= 15 is 0 Å². The molecule has 0 atom stereocenters. The van der Waals surface area contributed by atoms with E-state index in [-0.39, 0.29) is 5.91 Å². The van der Waals surface area contributed by atoms with Crippen LogP contribution >= 0.6 is 0 Å². The van der Waals surface area contributed by atoms with Gasteiger partial charge in [-0.05, 0) is 42.0 Å². The zero-order chi connectivity index (χ0) is 16.6. The van der Waals surface area contributed by atoms with Crippen molar-refractivity contribution in [2.75, 3.05) is 11.9 Å². The third-order valence-electron chi connectivity index (χ3n) is 3.65. The molecule has 0 aliphatic carbocycles. The van der Waals surface area contributed by atoms with Gasteiger partial charge in [0, 0.05) is 17.7 Å². The molecular weight excluding hydrogens is 298 g/mol. The van der Waals surface area contributed by atoms with E-state index in [1.165, 1.54) is 5.56 Å². The molecule has 0 aromatic heterocycles. The highest BCUT2D eigenvalue weighted by molar-refractivity contribution is 6.04. The molecule has 0 radical (unpaired) electrons. The van der Waals surface area contributed by atoms with Crippen LogP contribution in [-0.4, -0.2) is 12.5 Å². The summed E-state index contributed by atoms with van der Waals surface area (Å²) in [7, 11) is 0. The van der Waals surface area contributed by atoms with Crippen molar-refractivity contribution in [2.24, 2.45) is 0 Å². The number of hydrogen-bond acceptors (Lipinski definition) is 2. The van der Waals surface area contributed by atoms with E-state index in [0.29, 0.717) is 12.2 Å². The van der Waals surface area contributed by atoms with Crippen LogP contribution in [0.1, 0.15) is 15.9 Å². The summed E-state index contributed by atoms with van der Waals surface area (Å²) in [6.45, 7) is 0.625. The Labute approximate surface area is 141 Å². The number of rotatable bonds is 6. The quantitative estimate of drug-likeness (QED) is 0.724. The van der Waals surface area contributed by atoms with Crippen LogP contribution in [0.4, 0.5) is 5.69 Å². The zero-order valence-corrected chi connectivity index (χ0v) is 13.3. The van der Waals surface area contributed by atoms with Gasteiger partial charge in [-0.2, -0.15) is 0 Å². The summed E-state index contributed by atoms with van der Waals surface area (Å²) >= 11 is 0. The van der Waals surface area contributed by atoms with Gasteiger partial charge in [0.1, 0.15) is 5.75 Å². The molecule has 0 spiro atoms. The minimum Gasteiger partial charge on any atom is -0.493 e. The molecule has 0 saturated heterocycles. The molecule has 0 aliphatic rings. The fourth-order valence-corrected chi connectivity index (χ4v) is 2.36. The third kappa shape index (κ3) is 4.46. The van der Waals surface area contributed by atoms with Crippen molar-refractivity contribution in [1.82, 2.24) is 0 Å². The summed E-state index contributed by atoms with van der Waals surface area (Å²) in [5.74, 6) is 0.678. The zero-order valence-electron chi connectivity index (χ0n) is 13.3. The van der Waals surface area contributed by atoms with Crippen molar-refractivity contribution in [3.63, 3.8) is 0 Å². The first-order chi connectivity index (χ1) is 11.8. The molecule has 3 nitrogen and oxygen atoms in total. The van der Waals surface area contributed by atoms with Crippen LogP contribution < -0.4 is 10.1 Å². The van der Waals surface area contributed by atoms with Crippen LogP contribution in [0.5, 0.6) is 5.75 Å². The standard InChI is InChI=1S/C21H19NO2/c23-21(18-9-5-2-6-10-18)22-19-11-13-20(14-12-19)24-16-15-17-7-3-1-4-8-17/h1-14H,15-16H2,(H,22,23). The van der Waals surface area contributed by atoms with Gasteiger partial charge in [-0.1, -0.05) is 48.5 Å². The molecular formula is C21H19NO2. The van der Waals surface area contributed by atoms with Crippen LogP contribution in [0.15, 0.2) is 84.9 Å². The molecule has 1 N–H and O–H groups in total. The molecule has 24 heavy (non-hydrogen) atoms. The number of ether oxygens (including phenoxy) is 1. The van der Waals surface area contributed by atoms with Gasteiger partial charge in [-0.25, -0.2) is 0 Å². The second-order valence-corrected chi connectivity index (χ2v) is 5.43. The van der Waals surface area contributed by atoms with Crippen LogP contribution in [-0.2, 0) is 6.42 Å². The summed E-state index contributed by atoms with van der Waals surface area (Å²) < 4.78 is 5.74. The van der Waals surface area contributed by atoms with Crippen molar-refractivity contribution in [1.29, 1.82) is 0 Å². The summed E-state index contributed by atoms with van der Waals surface area (Å²) in [6, 6.07) is 26.8. The van der Waals surface area contributed by atoms with Crippen LogP contribution in [0.2, 0.25) is 0 Å². The molecule has 0 bridgehead atoms. The van der Waals surface area contributed by atoms with Crippen molar-refractivity contribution >= 4 is 11.6 Å². The Hall–Kier alpha value is -3.07. The molecule has 3 aromatic rings. The largest absolute Gasteiger partial charge is 0.493 e. The summed E-state index contributed by atoms with van der Waals surface area (Å²) in [5, 5.41) is 2.87. The highest BCUT2D eigenvalue weighted by Gasteiger charge is 2.05. The van der Waals surface area contributed by atoms with Crippen LogP contribution in [0, 0.1) is 0 Å². The number of carbonyl (C=O) groups excluding carboxylic acids is 1. The second-order valence-electron chi connectivity index (χ2n) is 5.43. The van der Waals surface area contributed by atoms with Crippen molar-refractivity contribution in [3.05, 3.63) is 96.1 Å². The van der Waals surface area contributed by atoms with Gasteiger partial charge in [0.05, 0.1) is 6.61 Å². The number of benzene rings is 3. The van der Waals surface area contributed by atoms with E-state index in [1.807, 2.05) is 60.7 Å². The van der Waals surface area contributed by atoms with E-state index in [1.54, 1.807) is 12.1 Å². The maximum absolute atomic E-state index is 12.1. The average molecular weight is 317 g/mol. The lowest BCUT2D eigenvalue weighted by Gasteiger charge is -2.08. The summed E-state index contributed by atoms with van der Waals surface area (Å²) in [4.78, 5) is 12.1. The van der Waals surface area contributed by atoms with Gasteiger partial charge in [-0.15, -0.1) is 0 Å². The molecule has 3 aromatic carbocycles. The molecule has 0 aliphatic heterocycles. The lowest BCUT2D eigenvalue weighted by Crippen LogP contribution is -2.11. The minimum absolute atomic E-state index is 0.117. The number of amides is 1. The van der Waals surface area contributed by atoms with Gasteiger partial charge in [0.15, 0.2) is 0 Å². The van der Waals surface area contributed by atoms with Crippen molar-refractivity contribution in [2.45, 2.75) is 6.42 Å². The SMILES string of the molecule is O=C(Nc1ccc(OCCc2ccccc2)cc1)c1ccccc1. The Morgan fingerprint density at radius 1 is 0.792 bits per heavy atom. The van der Waals surface area contributed by atoms with Crippen molar-refractivity contribution in [3.8, 4) is 5.75 Å². The minimum atomic E-state index is -0.117. The number of hydrogen-bond donors (Lipinski definition) is 1. The molecule has 1 amide bonds. The van der Waals surface area contributed by atoms with E-state index < -0.39 is 0 Å². The smallest absolute Gasteiger partial charge is 0.255 e. The Morgan fingerprint density at radius 3 is 2.08 bits per heavy atom. The highest BCUT2D eigenvalue weighted by atomic mass is 16.5. The monoisotopic (exact) mass is 317 g/mol. The van der Waals surface area contributed by atoms with Crippen molar-refractivity contribution < 1.29 is 9.53 Å². The lowest BCUT2D eigenvalue weighted by atomic mass is 10.2. The van der Waals surface area contributed by atoms with Gasteiger partial charge >= 0.3 is 0 Å². The Morgan fingerprint density at radius 2 is 1.42 bits per heavy atom. The van der Waals surface area contributed by atoms with Gasteiger partial charge in [0.2, 0.25) is 0 Å². The Bertz CT molecular complexity index is 768. The molecule has 0 fully saturated rings. The topological polar surface area (TPSA) is 38.3 Å². The van der Waals surface area contributed by atoms with E-state index in [4.69, 9.17) is 4.74 Å². The molecule has 0 heterocycles. The van der Waals surface area contributed by atoms with E-state index in [0.717, 1.165) is 17.9 Å². The molecule has 3 rings (SSSR count). The lowest BCUT2D eigenvalue weighted by molar-refractivity contribution is 0.102. The first-order valence-electron chi connectivity index (χ1n) is 7.94. The molecule has 0 saturated carbocycles. The number of anilines is 1. The van der Waals surface area contributed by atoms with Crippen LogP contribution in [0.25, 0.3) is 0 Å². The first kappa shape index (κ1) is 15.8. The second kappa shape index (κ2) is 7.97. The fraction of sp³-hybridized carbons (Fsp3) is 0.0952. The molecule has 0 unspecified atom stereocenters. The fourth-order valence-electron chi connectivity index (χ4n) is 2.36. The predicted octanol–water partition coefficient (Wildman–Crippen LogP) is 4.56. The Kier molecular flexibility index (Phi) is 5.25. The maximum atomic E-state index is 12.1. The first-order valence-corrected chi connectivity index (χ1v) is 7.94. The van der Waals surface area contributed by atoms with E-state index in [9.17, 15) is 4.79 Å². The summed E-state index contributed by atoms with van der Waals surface area (Å²) in [5.41, 5.74) is 2.64. The van der Waals surface area contributed by atoms with Gasteiger partial charge in [0.25, 0.3) is 5.91 Å². The maximum Gasteiger partial charge on any atom is 0.255 e. The molecule has 3 heteroatoms. The van der Waals surface area contributed by atoms with Crippen LogP contribution in [0.3, 0.4) is 0 Å². The predicted molar refractivity (Wildman–Crippen MR) is 96.5 cm³/mol. The summed E-state index contributed by atoms with van der Waals surface area (Å²) in [6.07, 6.45) is 0.868. The Balaban J connectivity index is 1.51. The highest BCUT2D eigenvalue weighted by Crippen LogP contribution is 2.17. The molecule has 120 valence electrons. The van der Waals surface area contributed by atoms with E-state index in [2.05, 4.69) is 17.4 Å². The number of carbonyl (C=O) groups is 1. The number of nitrogens with one attached hydrogen (secondary N) is 1. The third-order valence-corrected chi connectivity index (χ3v) is 3.65. The normalized spacial score (nSPS) is 10.2. The van der Waals surface area contributed by atoms with Gasteiger partial charge < -0.3 is 10.1 Å². The van der Waals surface area contributed by atoms with Gasteiger partial charge in [-0.3, -0.25) is 4.79 Å². The average Bonchev–Trinajstić information content (AvgIpc) is 2.65.